The molecule has 0 saturated carbocycles. The Morgan fingerprint density at radius 1 is 1.05 bits per heavy atom. The first-order valence-corrected chi connectivity index (χ1v) is 13.5. The number of furan rings is 1. The van der Waals surface area contributed by atoms with E-state index in [0.717, 1.165) is 11.3 Å². The van der Waals surface area contributed by atoms with Gasteiger partial charge in [0.15, 0.2) is 22.9 Å². The van der Waals surface area contributed by atoms with E-state index in [9.17, 15) is 4.79 Å². The first-order valence-electron chi connectivity index (χ1n) is 12.6. The fourth-order valence-electron chi connectivity index (χ4n) is 4.26. The normalized spacial score (nSPS) is 11.0. The Bertz CT molecular complexity index is 1820. The van der Waals surface area contributed by atoms with Crippen LogP contribution in [0.25, 0.3) is 27.8 Å². The van der Waals surface area contributed by atoms with E-state index in [0.29, 0.717) is 57.5 Å². The average molecular weight is 568 g/mol. The van der Waals surface area contributed by atoms with Gasteiger partial charge >= 0.3 is 0 Å². The molecule has 41 heavy (non-hydrogen) atoms. The zero-order chi connectivity index (χ0) is 28.3. The summed E-state index contributed by atoms with van der Waals surface area (Å²) in [6.45, 7) is 0.444. The molecule has 4 heterocycles. The summed E-state index contributed by atoms with van der Waals surface area (Å²) in [4.78, 5) is 28.8. The summed E-state index contributed by atoms with van der Waals surface area (Å²) in [6, 6.07) is 18.7. The van der Waals surface area contributed by atoms with Gasteiger partial charge in [0.05, 0.1) is 26.0 Å². The third kappa shape index (κ3) is 5.08. The third-order valence-electron chi connectivity index (χ3n) is 6.41. The van der Waals surface area contributed by atoms with Crippen molar-refractivity contribution in [2.24, 2.45) is 0 Å². The number of anilines is 2. The van der Waals surface area contributed by atoms with Crippen LogP contribution in [0.3, 0.4) is 0 Å². The number of nitrogens with zero attached hydrogens (tertiary/aromatic N) is 6. The number of rotatable bonds is 9. The zero-order valence-electron chi connectivity index (χ0n) is 22.4. The molecule has 4 aromatic heterocycles. The summed E-state index contributed by atoms with van der Waals surface area (Å²) >= 11 is 1.34. The smallest absolute Gasteiger partial charge is 0.277 e. The molecule has 206 valence electrons. The fraction of sp³-hybridized carbons (Fsp3) is 0.138. The van der Waals surface area contributed by atoms with Crippen LogP contribution in [0.4, 0.5) is 11.6 Å². The van der Waals surface area contributed by atoms with Crippen molar-refractivity contribution in [1.29, 1.82) is 0 Å². The number of methoxy groups -OCH3 is 2. The lowest BCUT2D eigenvalue weighted by molar-refractivity contribution is 0.0989. The van der Waals surface area contributed by atoms with Crippen molar-refractivity contribution in [2.75, 3.05) is 31.5 Å². The standard InChI is InChI=1S/C29H25N7O4S/c1-35(19-8-5-4-6-9-19)28(37)21-17-41-27(32-21)20-16-31-29(30-15-18-11-12-22(38-2)24(14-18)39-3)36-26(20)33-25(34-36)23-10-7-13-40-23/h4-14,16-17H,15H2,1-3H3,(H,30,31). The maximum Gasteiger partial charge on any atom is 0.277 e. The van der Waals surface area contributed by atoms with Crippen molar-refractivity contribution < 1.29 is 18.7 Å². The van der Waals surface area contributed by atoms with Crippen molar-refractivity contribution in [3.05, 3.63) is 89.8 Å². The molecule has 0 aliphatic rings. The lowest BCUT2D eigenvalue weighted by Gasteiger charge is -2.15. The molecule has 0 aliphatic heterocycles. The molecule has 0 unspecified atom stereocenters. The number of para-hydroxylation sites is 1. The number of carbonyl (C=O) groups excluding carboxylic acids is 1. The highest BCUT2D eigenvalue weighted by molar-refractivity contribution is 7.13. The lowest BCUT2D eigenvalue weighted by atomic mass is 10.2. The lowest BCUT2D eigenvalue weighted by Crippen LogP contribution is -2.26. The Morgan fingerprint density at radius 2 is 1.88 bits per heavy atom. The van der Waals surface area contributed by atoms with E-state index in [4.69, 9.17) is 18.9 Å². The minimum absolute atomic E-state index is 0.214. The van der Waals surface area contributed by atoms with Crippen LogP contribution < -0.4 is 19.7 Å². The Balaban J connectivity index is 1.34. The molecular weight excluding hydrogens is 542 g/mol. The predicted octanol–water partition coefficient (Wildman–Crippen LogP) is 5.41. The molecule has 1 amide bonds. The number of hydrogen-bond donors (Lipinski definition) is 1. The number of benzene rings is 2. The first-order chi connectivity index (χ1) is 20.1. The van der Waals surface area contributed by atoms with Crippen LogP contribution in [-0.4, -0.2) is 51.7 Å². The molecule has 0 spiro atoms. The van der Waals surface area contributed by atoms with Crippen molar-refractivity contribution in [2.45, 2.75) is 6.54 Å². The molecule has 0 radical (unpaired) electrons. The van der Waals surface area contributed by atoms with Crippen molar-refractivity contribution >= 4 is 34.5 Å². The Morgan fingerprint density at radius 3 is 2.63 bits per heavy atom. The van der Waals surface area contributed by atoms with Crippen LogP contribution in [-0.2, 0) is 6.54 Å². The van der Waals surface area contributed by atoms with Gasteiger partial charge in [-0.3, -0.25) is 4.79 Å². The number of ether oxygens (including phenoxy) is 2. The minimum atomic E-state index is -0.214. The summed E-state index contributed by atoms with van der Waals surface area (Å²) < 4.78 is 17.9. The second kappa shape index (κ2) is 11.1. The van der Waals surface area contributed by atoms with Crippen LogP contribution in [0, 0.1) is 0 Å². The zero-order valence-corrected chi connectivity index (χ0v) is 23.3. The summed E-state index contributed by atoms with van der Waals surface area (Å²) in [5, 5.41) is 10.3. The highest BCUT2D eigenvalue weighted by Crippen LogP contribution is 2.31. The average Bonchev–Trinajstić information content (AvgIpc) is 3.80. The van der Waals surface area contributed by atoms with Crippen LogP contribution in [0.15, 0.2) is 82.9 Å². The van der Waals surface area contributed by atoms with E-state index in [-0.39, 0.29) is 5.91 Å². The summed E-state index contributed by atoms with van der Waals surface area (Å²) in [5.74, 6) is 2.46. The molecular formula is C29H25N7O4S. The maximum absolute atomic E-state index is 13.2. The van der Waals surface area contributed by atoms with E-state index in [2.05, 4.69) is 20.4 Å². The first kappa shape index (κ1) is 26.0. The molecule has 0 bridgehead atoms. The molecule has 6 rings (SSSR count). The van der Waals surface area contributed by atoms with E-state index in [1.807, 2.05) is 48.5 Å². The molecule has 0 aliphatic carbocycles. The van der Waals surface area contributed by atoms with Gasteiger partial charge in [-0.15, -0.1) is 16.4 Å². The SMILES string of the molecule is COc1ccc(CNc2ncc(-c3nc(C(=O)N(C)c4ccccc4)cs3)c3nc(-c4ccco4)nn23)cc1OC. The molecule has 0 saturated heterocycles. The van der Waals surface area contributed by atoms with Gasteiger partial charge in [-0.05, 0) is 42.0 Å². The Hall–Kier alpha value is -5.23. The third-order valence-corrected chi connectivity index (χ3v) is 7.28. The molecule has 12 heteroatoms. The fourth-order valence-corrected chi connectivity index (χ4v) is 5.06. The second-order valence-electron chi connectivity index (χ2n) is 8.92. The maximum atomic E-state index is 13.2. The number of aromatic nitrogens is 5. The van der Waals surface area contributed by atoms with Crippen LogP contribution in [0.2, 0.25) is 0 Å². The van der Waals surface area contributed by atoms with Gasteiger partial charge in [-0.2, -0.15) is 4.52 Å². The largest absolute Gasteiger partial charge is 0.493 e. The monoisotopic (exact) mass is 567 g/mol. The number of hydrogen-bond acceptors (Lipinski definition) is 10. The summed E-state index contributed by atoms with van der Waals surface area (Å²) in [7, 11) is 4.92. The second-order valence-corrected chi connectivity index (χ2v) is 9.78. The van der Waals surface area contributed by atoms with E-state index in [1.165, 1.54) is 11.3 Å². The van der Waals surface area contributed by atoms with E-state index in [1.54, 1.807) is 60.7 Å². The Kier molecular flexibility index (Phi) is 7.04. The predicted molar refractivity (Wildman–Crippen MR) is 156 cm³/mol. The van der Waals surface area contributed by atoms with Crippen LogP contribution >= 0.6 is 11.3 Å². The van der Waals surface area contributed by atoms with Gasteiger partial charge in [0, 0.05) is 30.9 Å². The molecule has 0 atom stereocenters. The van der Waals surface area contributed by atoms with Gasteiger partial charge in [-0.1, -0.05) is 24.3 Å². The molecule has 0 fully saturated rings. The highest BCUT2D eigenvalue weighted by atomic mass is 32.1. The van der Waals surface area contributed by atoms with Crippen molar-refractivity contribution in [3.8, 4) is 33.7 Å². The minimum Gasteiger partial charge on any atom is -0.493 e. The quantitative estimate of drug-likeness (QED) is 0.244. The van der Waals surface area contributed by atoms with Crippen molar-refractivity contribution in [1.82, 2.24) is 24.6 Å². The van der Waals surface area contributed by atoms with Gasteiger partial charge in [0.25, 0.3) is 5.91 Å². The van der Waals surface area contributed by atoms with Gasteiger partial charge in [0.1, 0.15) is 10.7 Å². The van der Waals surface area contributed by atoms with Crippen LogP contribution in [0.5, 0.6) is 11.5 Å². The van der Waals surface area contributed by atoms with Gasteiger partial charge in [-0.25, -0.2) is 15.0 Å². The van der Waals surface area contributed by atoms with E-state index >= 15 is 0 Å². The molecule has 1 N–H and O–H groups in total. The highest BCUT2D eigenvalue weighted by Gasteiger charge is 2.22. The summed E-state index contributed by atoms with van der Waals surface area (Å²) in [6.07, 6.45) is 3.25. The Labute approximate surface area is 239 Å². The number of carbonyl (C=O) groups is 1. The van der Waals surface area contributed by atoms with Crippen LogP contribution in [0.1, 0.15) is 16.1 Å². The molecule has 6 aromatic rings. The van der Waals surface area contributed by atoms with Gasteiger partial charge in [0.2, 0.25) is 11.8 Å². The topological polar surface area (TPSA) is 120 Å². The summed E-state index contributed by atoms with van der Waals surface area (Å²) in [5.41, 5.74) is 3.22. The number of amides is 1. The van der Waals surface area contributed by atoms with Crippen molar-refractivity contribution in [3.63, 3.8) is 0 Å². The molecule has 2 aromatic carbocycles. The van der Waals surface area contributed by atoms with E-state index < -0.39 is 0 Å². The molecule has 11 nitrogen and oxygen atoms in total. The number of thiazole rings is 1. The number of nitrogens with one attached hydrogen (secondary N) is 1. The van der Waals surface area contributed by atoms with Gasteiger partial charge < -0.3 is 24.1 Å². The number of fused-ring (bicyclic) bond motifs is 1.